The summed E-state index contributed by atoms with van der Waals surface area (Å²) in [5, 5.41) is 21.4. The van der Waals surface area contributed by atoms with Crippen LogP contribution in [0.5, 0.6) is 5.88 Å². The van der Waals surface area contributed by atoms with Crippen molar-refractivity contribution < 1.29 is 33.8 Å². The van der Waals surface area contributed by atoms with Gasteiger partial charge in [0.1, 0.15) is 11.4 Å². The maximum Gasteiger partial charge on any atom is 0.419 e. The molecule has 3 fully saturated rings. The normalized spacial score (nSPS) is 21.0. The Morgan fingerprint density at radius 1 is 1.13 bits per heavy atom. The van der Waals surface area contributed by atoms with E-state index in [1.165, 1.54) is 4.57 Å². The largest absolute Gasteiger partial charge is 0.492 e. The van der Waals surface area contributed by atoms with Gasteiger partial charge in [0.05, 0.1) is 23.7 Å². The standard InChI is InChI=1S/C17H13N5O6.C13H23NO2.CH4/c1-21-10-4-8(2-3-12(10)28-17(21)27)6-18-14(24)9-5-11(15(25)26)22-7-13(23)20-16(22)19-9;1-3-16-11(15)13-7-4-12(5-8-13,6-9-13)10(2)14;/h2-5,7,23H,6H2,1H3,(H,18,24)(H,25,26);10H,3-9,14H2,1-2H3;1H4. The minimum atomic E-state index is -1.30. The van der Waals surface area contributed by atoms with Crippen LogP contribution in [0.2, 0.25) is 0 Å². The molecule has 1 atom stereocenters. The van der Waals surface area contributed by atoms with Gasteiger partial charge < -0.3 is 30.4 Å². The Kier molecular flexibility index (Phi) is 9.38. The number of aromatic nitrogens is 4. The molecule has 242 valence electrons. The van der Waals surface area contributed by atoms with E-state index in [0.29, 0.717) is 28.7 Å². The van der Waals surface area contributed by atoms with E-state index in [4.69, 9.17) is 14.9 Å². The Morgan fingerprint density at radius 3 is 2.40 bits per heavy atom. The first-order valence-corrected chi connectivity index (χ1v) is 14.5. The molecule has 3 aliphatic carbocycles. The van der Waals surface area contributed by atoms with Gasteiger partial charge in [0.25, 0.3) is 5.91 Å². The number of carbonyl (C=O) groups is 3. The molecule has 3 heterocycles. The van der Waals surface area contributed by atoms with Gasteiger partial charge in [0.2, 0.25) is 11.7 Å². The van der Waals surface area contributed by atoms with Crippen LogP contribution >= 0.6 is 0 Å². The average Bonchev–Trinajstić information content (AvgIpc) is 3.53. The third-order valence-electron chi connectivity index (χ3n) is 9.17. The van der Waals surface area contributed by atoms with Crippen molar-refractivity contribution in [1.82, 2.24) is 24.3 Å². The average molecular weight is 625 g/mol. The van der Waals surface area contributed by atoms with E-state index in [-0.39, 0.29) is 48.6 Å². The van der Waals surface area contributed by atoms with Gasteiger partial charge in [-0.1, -0.05) is 13.5 Å². The molecule has 0 saturated heterocycles. The predicted octanol–water partition coefficient (Wildman–Crippen LogP) is 3.38. The maximum atomic E-state index is 12.4. The number of esters is 1. The molecule has 7 rings (SSSR count). The van der Waals surface area contributed by atoms with Crippen molar-refractivity contribution in [3.8, 4) is 5.88 Å². The van der Waals surface area contributed by atoms with E-state index in [1.807, 2.05) is 6.92 Å². The molecule has 4 aromatic rings. The van der Waals surface area contributed by atoms with Crippen LogP contribution in [-0.2, 0) is 23.1 Å². The first-order valence-electron chi connectivity index (χ1n) is 14.5. The summed E-state index contributed by atoms with van der Waals surface area (Å²) in [5.74, 6) is -2.89. The first-order chi connectivity index (χ1) is 20.9. The van der Waals surface area contributed by atoms with Crippen LogP contribution < -0.4 is 16.8 Å². The highest BCUT2D eigenvalue weighted by molar-refractivity contribution is 5.96. The summed E-state index contributed by atoms with van der Waals surface area (Å²) in [4.78, 5) is 55.0. The number of nitrogens with one attached hydrogen (secondary N) is 1. The van der Waals surface area contributed by atoms with E-state index >= 15 is 0 Å². The molecule has 0 spiro atoms. The van der Waals surface area contributed by atoms with Gasteiger partial charge in [0, 0.05) is 25.7 Å². The number of nitrogens with two attached hydrogens (primary N) is 1. The SMILES string of the molecule is C.CCOC(=O)C12CCC(C(C)N)(CC1)CC2.Cn1c(=O)oc2ccc(CNC(=O)c3cc(C(=O)O)n4cc(O)nc4n3)cc21. The summed E-state index contributed by atoms with van der Waals surface area (Å²) in [5.41, 5.74) is 7.54. The number of carbonyl (C=O) groups excluding carboxylic acids is 2. The molecule has 1 aromatic carbocycles. The summed E-state index contributed by atoms with van der Waals surface area (Å²) >= 11 is 0. The van der Waals surface area contributed by atoms with E-state index in [0.717, 1.165) is 55.2 Å². The Bertz CT molecular complexity index is 1780. The molecule has 1 amide bonds. The molecule has 3 saturated carbocycles. The van der Waals surface area contributed by atoms with Crippen LogP contribution in [0.4, 0.5) is 0 Å². The Hall–Kier alpha value is -4.72. The topological polar surface area (TPSA) is 204 Å². The van der Waals surface area contributed by atoms with Crippen molar-refractivity contribution in [3.63, 3.8) is 0 Å². The molecule has 1 unspecified atom stereocenters. The quantitative estimate of drug-likeness (QED) is 0.219. The predicted molar refractivity (Wildman–Crippen MR) is 164 cm³/mol. The number of rotatable bonds is 7. The van der Waals surface area contributed by atoms with Gasteiger partial charge >= 0.3 is 17.7 Å². The van der Waals surface area contributed by atoms with Gasteiger partial charge in [-0.05, 0) is 75.5 Å². The van der Waals surface area contributed by atoms with Gasteiger partial charge in [-0.3, -0.25) is 18.6 Å². The summed E-state index contributed by atoms with van der Waals surface area (Å²) in [6, 6.07) is 6.37. The Labute approximate surface area is 259 Å². The second-order valence-electron chi connectivity index (χ2n) is 11.7. The van der Waals surface area contributed by atoms with Gasteiger partial charge in [-0.2, -0.15) is 4.98 Å². The molecule has 45 heavy (non-hydrogen) atoms. The molecule has 3 aromatic heterocycles. The van der Waals surface area contributed by atoms with Gasteiger partial charge in [-0.25, -0.2) is 14.6 Å². The zero-order valence-corrected chi connectivity index (χ0v) is 24.8. The number of carboxylic acids is 1. The first kappa shape index (κ1) is 33.2. The zero-order valence-electron chi connectivity index (χ0n) is 24.8. The second kappa shape index (κ2) is 12.7. The molecule has 2 bridgehead atoms. The number of amides is 1. The molecular formula is C31H40N6O8. The fourth-order valence-electron chi connectivity index (χ4n) is 6.28. The zero-order chi connectivity index (χ0) is 31.8. The van der Waals surface area contributed by atoms with Crippen LogP contribution in [-0.4, -0.2) is 59.6 Å². The summed E-state index contributed by atoms with van der Waals surface area (Å²) in [6.07, 6.45) is 7.34. The number of benzene rings is 1. The summed E-state index contributed by atoms with van der Waals surface area (Å²) in [7, 11) is 1.57. The van der Waals surface area contributed by atoms with Crippen LogP contribution in [0.1, 0.15) is 86.3 Å². The molecule has 5 N–H and O–H groups in total. The minimum absolute atomic E-state index is 0. The van der Waals surface area contributed by atoms with E-state index in [1.54, 1.807) is 25.2 Å². The molecule has 3 aliphatic rings. The number of hydrogen-bond acceptors (Lipinski definition) is 10. The number of imidazole rings is 1. The summed E-state index contributed by atoms with van der Waals surface area (Å²) < 4.78 is 12.7. The highest BCUT2D eigenvalue weighted by Crippen LogP contribution is 2.58. The number of ether oxygens (including phenoxy) is 1. The van der Waals surface area contributed by atoms with Crippen molar-refractivity contribution in [3.05, 3.63) is 58.0 Å². The van der Waals surface area contributed by atoms with Crippen LogP contribution in [0, 0.1) is 10.8 Å². The third-order valence-corrected chi connectivity index (χ3v) is 9.17. The molecule has 14 nitrogen and oxygen atoms in total. The highest BCUT2D eigenvalue weighted by atomic mass is 16.5. The number of aryl methyl sites for hydroxylation is 1. The number of aromatic hydroxyl groups is 1. The summed E-state index contributed by atoms with van der Waals surface area (Å²) in [6.45, 7) is 4.61. The van der Waals surface area contributed by atoms with Gasteiger partial charge in [0.15, 0.2) is 5.58 Å². The van der Waals surface area contributed by atoms with Crippen molar-refractivity contribution in [2.45, 2.75) is 72.4 Å². The maximum absolute atomic E-state index is 12.4. The highest BCUT2D eigenvalue weighted by Gasteiger charge is 2.54. The Balaban J connectivity index is 0.000000231. The number of oxazole rings is 1. The van der Waals surface area contributed by atoms with Crippen molar-refractivity contribution >= 4 is 34.7 Å². The molecular weight excluding hydrogens is 584 g/mol. The lowest BCUT2D eigenvalue weighted by atomic mass is 9.52. The number of nitrogens with zero attached hydrogens (tertiary/aromatic N) is 4. The van der Waals surface area contributed by atoms with Crippen LogP contribution in [0.3, 0.4) is 0 Å². The molecule has 14 heteroatoms. The minimum Gasteiger partial charge on any atom is -0.492 e. The smallest absolute Gasteiger partial charge is 0.419 e. The lowest BCUT2D eigenvalue weighted by molar-refractivity contribution is -0.166. The third kappa shape index (κ3) is 6.27. The molecule has 0 aliphatic heterocycles. The van der Waals surface area contributed by atoms with E-state index in [9.17, 15) is 29.4 Å². The van der Waals surface area contributed by atoms with Crippen molar-refractivity contribution in [1.29, 1.82) is 0 Å². The number of hydrogen-bond donors (Lipinski definition) is 4. The van der Waals surface area contributed by atoms with Gasteiger partial charge in [-0.15, -0.1) is 0 Å². The fourth-order valence-corrected chi connectivity index (χ4v) is 6.28. The lowest BCUT2D eigenvalue weighted by Gasteiger charge is -2.53. The van der Waals surface area contributed by atoms with Crippen LogP contribution in [0.15, 0.2) is 39.7 Å². The fraction of sp³-hybridized carbons (Fsp3) is 0.484. The monoisotopic (exact) mass is 624 g/mol. The number of carboxylic acid groups (broad SMARTS) is 1. The number of aromatic carboxylic acids is 1. The van der Waals surface area contributed by atoms with Crippen LogP contribution in [0.25, 0.3) is 16.9 Å². The van der Waals surface area contributed by atoms with Crippen molar-refractivity contribution in [2.75, 3.05) is 6.61 Å². The van der Waals surface area contributed by atoms with E-state index < -0.39 is 23.5 Å². The second-order valence-corrected chi connectivity index (χ2v) is 11.7. The van der Waals surface area contributed by atoms with E-state index in [2.05, 4.69) is 22.2 Å². The number of fused-ring (bicyclic) bond motifs is 5. The lowest BCUT2D eigenvalue weighted by Crippen LogP contribution is -2.52. The van der Waals surface area contributed by atoms with Crippen molar-refractivity contribution in [2.24, 2.45) is 23.6 Å². The Morgan fingerprint density at radius 2 is 1.80 bits per heavy atom. The molecule has 0 radical (unpaired) electrons.